The van der Waals surface area contributed by atoms with Gasteiger partial charge in [0.15, 0.2) is 0 Å². The third kappa shape index (κ3) is 1.55. The van der Waals surface area contributed by atoms with E-state index in [1.807, 2.05) is 6.07 Å². The lowest BCUT2D eigenvalue weighted by Gasteiger charge is -2.04. The second-order valence-corrected chi connectivity index (χ2v) is 4.78. The van der Waals surface area contributed by atoms with Crippen LogP contribution in [-0.4, -0.2) is 7.11 Å². The van der Waals surface area contributed by atoms with Crippen molar-refractivity contribution in [2.45, 2.75) is 10.2 Å². The van der Waals surface area contributed by atoms with Gasteiger partial charge >= 0.3 is 0 Å². The van der Waals surface area contributed by atoms with Crippen LogP contribution in [0.25, 0.3) is 10.1 Å². The molecule has 0 amide bonds. The Bertz CT molecular complexity index is 464. The van der Waals surface area contributed by atoms with Crippen LogP contribution < -0.4 is 4.74 Å². The van der Waals surface area contributed by atoms with E-state index >= 15 is 0 Å². The van der Waals surface area contributed by atoms with E-state index in [-0.39, 0.29) is 0 Å². The fraction of sp³-hybridized carbons (Fsp3) is 0.200. The number of methoxy groups -OCH3 is 1. The molecule has 4 heteroatoms. The summed E-state index contributed by atoms with van der Waals surface area (Å²) >= 11 is 9.64. The van der Waals surface area contributed by atoms with Crippen LogP contribution in [0.2, 0.25) is 0 Å². The van der Waals surface area contributed by atoms with E-state index in [0.29, 0.717) is 0 Å². The minimum atomic E-state index is 0.837. The zero-order chi connectivity index (χ0) is 10.1. The fourth-order valence-corrected chi connectivity index (χ4v) is 3.52. The third-order valence-corrected chi connectivity index (χ3v) is 4.38. The van der Waals surface area contributed by atoms with E-state index in [1.165, 1.54) is 15.6 Å². The number of halogens is 1. The molecule has 1 nitrogen and oxygen atoms in total. The number of thiol groups is 1. The molecule has 0 aliphatic rings. The molecule has 1 aromatic heterocycles. The number of fused-ring (bicyclic) bond motifs is 1. The summed E-state index contributed by atoms with van der Waals surface area (Å²) in [5.74, 6) is 0.837. The van der Waals surface area contributed by atoms with Crippen LogP contribution >= 0.6 is 39.9 Å². The maximum atomic E-state index is 5.21. The van der Waals surface area contributed by atoms with Crippen LogP contribution in [0, 0.1) is 0 Å². The molecule has 0 spiro atoms. The Labute approximate surface area is 101 Å². The van der Waals surface area contributed by atoms with Gasteiger partial charge in [-0.3, -0.25) is 0 Å². The van der Waals surface area contributed by atoms with E-state index < -0.39 is 0 Å². The first-order valence-corrected chi connectivity index (χ1v) is 6.54. The maximum absolute atomic E-state index is 5.21. The molecule has 74 valence electrons. The van der Waals surface area contributed by atoms with Crippen LogP contribution in [0.5, 0.6) is 5.75 Å². The summed E-state index contributed by atoms with van der Waals surface area (Å²) in [7, 11) is 1.67. The normalized spacial score (nSPS) is 10.8. The molecule has 2 rings (SSSR count). The number of ether oxygens (including phenoxy) is 1. The van der Waals surface area contributed by atoms with E-state index in [9.17, 15) is 0 Å². The minimum absolute atomic E-state index is 0.837. The highest BCUT2D eigenvalue weighted by molar-refractivity contribution is 9.08. The first-order valence-electron chi connectivity index (χ1n) is 4.10. The topological polar surface area (TPSA) is 9.23 Å². The molecule has 0 radical (unpaired) electrons. The lowest BCUT2D eigenvalue weighted by Crippen LogP contribution is -1.84. The molecular weight excluding hydrogens is 280 g/mol. The molecular formula is C10H9BrOS2. The van der Waals surface area contributed by atoms with Crippen molar-refractivity contribution >= 4 is 50.0 Å². The Morgan fingerprint density at radius 2 is 2.29 bits per heavy atom. The standard InChI is InChI=1S/C10H9BrOS2/c1-12-8-3-2-7-6(4-11)5-14-10(7)9(8)13/h2-3,5,13H,4H2,1H3. The Hall–Kier alpha value is -0.190. The van der Waals surface area contributed by atoms with E-state index in [0.717, 1.165) is 16.0 Å². The second kappa shape index (κ2) is 4.13. The number of benzene rings is 1. The molecule has 0 bridgehead atoms. The summed E-state index contributed by atoms with van der Waals surface area (Å²) in [5.41, 5.74) is 1.31. The number of alkyl halides is 1. The highest BCUT2D eigenvalue weighted by Crippen LogP contribution is 2.37. The maximum Gasteiger partial charge on any atom is 0.133 e. The van der Waals surface area contributed by atoms with Gasteiger partial charge in [-0.1, -0.05) is 15.9 Å². The third-order valence-electron chi connectivity index (χ3n) is 2.12. The van der Waals surface area contributed by atoms with Crippen LogP contribution in [0.4, 0.5) is 0 Å². The van der Waals surface area contributed by atoms with Crippen molar-refractivity contribution in [2.75, 3.05) is 7.11 Å². The molecule has 0 fully saturated rings. The number of hydrogen-bond acceptors (Lipinski definition) is 3. The molecule has 1 aromatic carbocycles. The summed E-state index contributed by atoms with van der Waals surface area (Å²) in [6, 6.07) is 4.05. The highest BCUT2D eigenvalue weighted by Gasteiger charge is 2.09. The second-order valence-electron chi connectivity index (χ2n) is 2.89. The number of hydrogen-bond donors (Lipinski definition) is 1. The molecule has 14 heavy (non-hydrogen) atoms. The summed E-state index contributed by atoms with van der Waals surface area (Å²) in [6.45, 7) is 0. The van der Waals surface area contributed by atoms with Gasteiger partial charge in [-0.2, -0.15) is 0 Å². The van der Waals surface area contributed by atoms with Gasteiger partial charge in [0.2, 0.25) is 0 Å². The van der Waals surface area contributed by atoms with Crippen LogP contribution in [0.1, 0.15) is 5.56 Å². The fourth-order valence-electron chi connectivity index (χ4n) is 1.39. The van der Waals surface area contributed by atoms with Crippen molar-refractivity contribution in [3.05, 3.63) is 23.1 Å². The Balaban J connectivity index is 2.72. The molecule has 1 heterocycles. The molecule has 0 saturated carbocycles. The number of thiophene rings is 1. The quantitative estimate of drug-likeness (QED) is 0.647. The van der Waals surface area contributed by atoms with Crippen molar-refractivity contribution in [1.29, 1.82) is 0 Å². The Morgan fingerprint density at radius 3 is 2.93 bits per heavy atom. The molecule has 2 aromatic rings. The van der Waals surface area contributed by atoms with Crippen molar-refractivity contribution < 1.29 is 4.74 Å². The molecule has 0 unspecified atom stereocenters. The van der Waals surface area contributed by atoms with Gasteiger partial charge < -0.3 is 4.74 Å². The average molecular weight is 289 g/mol. The molecule has 0 saturated heterocycles. The lowest BCUT2D eigenvalue weighted by atomic mass is 10.2. The largest absolute Gasteiger partial charge is 0.496 e. The Morgan fingerprint density at radius 1 is 1.50 bits per heavy atom. The molecule has 0 aliphatic heterocycles. The summed E-state index contributed by atoms with van der Waals surface area (Å²) < 4.78 is 6.41. The molecule has 0 N–H and O–H groups in total. The van der Waals surface area contributed by atoms with E-state index in [1.54, 1.807) is 18.4 Å². The van der Waals surface area contributed by atoms with E-state index in [4.69, 9.17) is 4.74 Å². The van der Waals surface area contributed by atoms with Crippen molar-refractivity contribution in [2.24, 2.45) is 0 Å². The predicted molar refractivity (Wildman–Crippen MR) is 68.3 cm³/mol. The Kier molecular flexibility index (Phi) is 3.04. The number of rotatable bonds is 2. The van der Waals surface area contributed by atoms with Gasteiger partial charge in [-0.25, -0.2) is 0 Å². The SMILES string of the molecule is COc1ccc2c(CBr)csc2c1S. The van der Waals surface area contributed by atoms with Gasteiger partial charge in [-0.15, -0.1) is 24.0 Å². The molecule has 0 aliphatic carbocycles. The smallest absolute Gasteiger partial charge is 0.133 e. The summed E-state index contributed by atoms with van der Waals surface area (Å²) in [4.78, 5) is 0.933. The van der Waals surface area contributed by atoms with Gasteiger partial charge in [0, 0.05) is 5.33 Å². The zero-order valence-electron chi connectivity index (χ0n) is 7.58. The monoisotopic (exact) mass is 288 g/mol. The van der Waals surface area contributed by atoms with Crippen LogP contribution in [0.3, 0.4) is 0 Å². The minimum Gasteiger partial charge on any atom is -0.496 e. The van der Waals surface area contributed by atoms with Gasteiger partial charge in [0.1, 0.15) is 5.75 Å². The van der Waals surface area contributed by atoms with Crippen LogP contribution in [-0.2, 0) is 5.33 Å². The predicted octanol–water partition coefficient (Wildman–Crippen LogP) is 4.09. The van der Waals surface area contributed by atoms with Crippen molar-refractivity contribution in [3.8, 4) is 5.75 Å². The van der Waals surface area contributed by atoms with Gasteiger partial charge in [0.05, 0.1) is 16.7 Å². The lowest BCUT2D eigenvalue weighted by molar-refractivity contribution is 0.406. The molecule has 0 atom stereocenters. The summed E-state index contributed by atoms with van der Waals surface area (Å²) in [6.07, 6.45) is 0. The van der Waals surface area contributed by atoms with Gasteiger partial charge in [-0.05, 0) is 28.5 Å². The van der Waals surface area contributed by atoms with Gasteiger partial charge in [0.25, 0.3) is 0 Å². The average Bonchev–Trinajstić information content (AvgIpc) is 2.62. The first kappa shape index (κ1) is 10.3. The first-order chi connectivity index (χ1) is 6.77. The van der Waals surface area contributed by atoms with E-state index in [2.05, 4.69) is 40.0 Å². The van der Waals surface area contributed by atoms with Crippen molar-refractivity contribution in [3.63, 3.8) is 0 Å². The van der Waals surface area contributed by atoms with Crippen LogP contribution in [0.15, 0.2) is 22.4 Å². The van der Waals surface area contributed by atoms with Crippen molar-refractivity contribution in [1.82, 2.24) is 0 Å². The zero-order valence-corrected chi connectivity index (χ0v) is 10.9. The highest BCUT2D eigenvalue weighted by atomic mass is 79.9. The summed E-state index contributed by atoms with van der Waals surface area (Å²) in [5, 5.41) is 4.29.